The molecule has 0 radical (unpaired) electrons. The van der Waals surface area contributed by atoms with E-state index in [4.69, 9.17) is 0 Å². The van der Waals surface area contributed by atoms with Crippen LogP contribution in [0.15, 0.2) is 72.8 Å². The number of carbonyl (C=O) groups excluding carboxylic acids is 2. The Morgan fingerprint density at radius 1 is 0.741 bits per heavy atom. The number of rotatable bonds is 6. The molecule has 1 fully saturated rings. The van der Waals surface area contributed by atoms with Crippen molar-refractivity contribution >= 4 is 11.8 Å². The Kier molecular flexibility index (Phi) is 5.16. The Hall–Kier alpha value is -2.72. The van der Waals surface area contributed by atoms with E-state index < -0.39 is 0 Å². The summed E-state index contributed by atoms with van der Waals surface area (Å²) < 4.78 is 0. The number of hydrogen-bond acceptors (Lipinski definition) is 2. The second kappa shape index (κ2) is 7.89. The Morgan fingerprint density at radius 2 is 1.19 bits per heavy atom. The standard InChI is InChI=1S/C23H24N2O2/c26-22-20-13-7-8-14-21(20)23(27)25(22)17-24(15-18-9-3-1-4-10-18)16-19-11-5-2-6-12-19/h1-12,20-21H,13-17H2/p+1/t20-,21-/m0/s1. The molecule has 1 N–H and O–H groups in total. The number of amides is 2. The van der Waals surface area contributed by atoms with E-state index in [2.05, 4.69) is 24.3 Å². The van der Waals surface area contributed by atoms with Gasteiger partial charge in [0.25, 0.3) is 0 Å². The molecule has 138 valence electrons. The third-order valence-electron chi connectivity index (χ3n) is 5.57. The van der Waals surface area contributed by atoms with Gasteiger partial charge in [0.05, 0.1) is 11.8 Å². The molecular weight excluding hydrogens is 336 g/mol. The molecule has 2 aromatic carbocycles. The van der Waals surface area contributed by atoms with Gasteiger partial charge in [-0.1, -0.05) is 72.8 Å². The predicted molar refractivity (Wildman–Crippen MR) is 103 cm³/mol. The van der Waals surface area contributed by atoms with Crippen molar-refractivity contribution in [2.45, 2.75) is 25.9 Å². The number of nitrogens with zero attached hydrogens (tertiary/aromatic N) is 1. The average Bonchev–Trinajstić information content (AvgIpc) is 2.95. The molecular formula is C23H25N2O2+. The van der Waals surface area contributed by atoms with Crippen molar-refractivity contribution < 1.29 is 14.5 Å². The summed E-state index contributed by atoms with van der Waals surface area (Å²) in [6.07, 6.45) is 5.46. The smallest absolute Gasteiger partial charge is 0.237 e. The van der Waals surface area contributed by atoms with Gasteiger partial charge in [-0.2, -0.15) is 0 Å². The Labute approximate surface area is 160 Å². The normalized spacial score (nSPS) is 21.7. The highest BCUT2D eigenvalue weighted by molar-refractivity contribution is 6.05. The predicted octanol–water partition coefficient (Wildman–Crippen LogP) is 2.18. The maximum Gasteiger partial charge on any atom is 0.237 e. The first-order valence-electron chi connectivity index (χ1n) is 9.64. The summed E-state index contributed by atoms with van der Waals surface area (Å²) in [7, 11) is 0. The van der Waals surface area contributed by atoms with Crippen LogP contribution in [0.4, 0.5) is 0 Å². The molecule has 1 heterocycles. The van der Waals surface area contributed by atoms with Gasteiger partial charge < -0.3 is 4.90 Å². The van der Waals surface area contributed by atoms with Crippen LogP contribution in [0.25, 0.3) is 0 Å². The van der Waals surface area contributed by atoms with Crippen LogP contribution in [-0.2, 0) is 22.7 Å². The highest BCUT2D eigenvalue weighted by Crippen LogP contribution is 2.34. The summed E-state index contributed by atoms with van der Waals surface area (Å²) in [4.78, 5) is 28.4. The van der Waals surface area contributed by atoms with Gasteiger partial charge in [-0.25, -0.2) is 4.90 Å². The minimum atomic E-state index is -0.155. The fourth-order valence-corrected chi connectivity index (χ4v) is 4.19. The van der Waals surface area contributed by atoms with E-state index in [-0.39, 0.29) is 23.7 Å². The molecule has 2 aromatic rings. The molecule has 4 heteroatoms. The highest BCUT2D eigenvalue weighted by Gasteiger charge is 2.48. The zero-order valence-corrected chi connectivity index (χ0v) is 15.4. The lowest BCUT2D eigenvalue weighted by molar-refractivity contribution is -0.934. The SMILES string of the molecule is O=C1[C@H]2CC=CC[C@@H]2C(=O)N1C[NH+](Cc1ccccc1)Cc1ccccc1. The third-order valence-corrected chi connectivity index (χ3v) is 5.57. The Bertz CT molecular complexity index is 764. The zero-order chi connectivity index (χ0) is 18.6. The molecule has 27 heavy (non-hydrogen) atoms. The molecule has 0 aromatic heterocycles. The lowest BCUT2D eigenvalue weighted by Crippen LogP contribution is -3.11. The number of fused-ring (bicyclic) bond motifs is 1. The second-order valence-corrected chi connectivity index (χ2v) is 7.49. The summed E-state index contributed by atoms with van der Waals surface area (Å²) >= 11 is 0. The van der Waals surface area contributed by atoms with Crippen LogP contribution in [0.3, 0.4) is 0 Å². The van der Waals surface area contributed by atoms with Crippen LogP contribution in [0.2, 0.25) is 0 Å². The van der Waals surface area contributed by atoms with Crippen LogP contribution in [0.1, 0.15) is 24.0 Å². The molecule has 1 aliphatic heterocycles. The Morgan fingerprint density at radius 3 is 1.63 bits per heavy atom. The van der Waals surface area contributed by atoms with E-state index in [1.54, 1.807) is 0 Å². The number of likely N-dealkylation sites (tertiary alicyclic amines) is 1. The summed E-state index contributed by atoms with van der Waals surface area (Å²) in [5.74, 6) is -0.296. The van der Waals surface area contributed by atoms with E-state index in [9.17, 15) is 9.59 Å². The molecule has 2 amide bonds. The van der Waals surface area contributed by atoms with E-state index in [1.807, 2.05) is 48.6 Å². The van der Waals surface area contributed by atoms with Gasteiger partial charge in [-0.3, -0.25) is 9.59 Å². The fourth-order valence-electron chi connectivity index (χ4n) is 4.19. The van der Waals surface area contributed by atoms with Gasteiger partial charge in [-0.05, 0) is 12.8 Å². The largest absolute Gasteiger partial charge is 0.310 e. The van der Waals surface area contributed by atoms with Crippen LogP contribution in [-0.4, -0.2) is 23.4 Å². The average molecular weight is 361 g/mol. The minimum absolute atomic E-state index is 0.00738. The quantitative estimate of drug-likeness (QED) is 0.633. The molecule has 0 unspecified atom stereocenters. The number of allylic oxidation sites excluding steroid dienone is 2. The lowest BCUT2D eigenvalue weighted by atomic mass is 9.85. The number of nitrogens with one attached hydrogen (secondary N) is 1. The van der Waals surface area contributed by atoms with Crippen LogP contribution >= 0.6 is 0 Å². The molecule has 0 spiro atoms. The molecule has 0 bridgehead atoms. The van der Waals surface area contributed by atoms with E-state index >= 15 is 0 Å². The molecule has 0 saturated carbocycles. The number of carbonyl (C=O) groups is 2. The van der Waals surface area contributed by atoms with Gasteiger partial charge in [0.15, 0.2) is 6.67 Å². The van der Waals surface area contributed by atoms with Crippen molar-refractivity contribution in [1.29, 1.82) is 0 Å². The second-order valence-electron chi connectivity index (χ2n) is 7.49. The van der Waals surface area contributed by atoms with Crippen molar-refractivity contribution in [3.63, 3.8) is 0 Å². The summed E-state index contributed by atoms with van der Waals surface area (Å²) in [6, 6.07) is 20.5. The minimum Gasteiger partial charge on any atom is -0.310 e. The van der Waals surface area contributed by atoms with Crippen LogP contribution in [0.5, 0.6) is 0 Å². The Balaban J connectivity index is 1.53. The number of hydrogen-bond donors (Lipinski definition) is 1. The summed E-state index contributed by atoms with van der Waals surface area (Å²) in [6.45, 7) is 1.98. The zero-order valence-electron chi connectivity index (χ0n) is 15.4. The molecule has 4 nitrogen and oxygen atoms in total. The highest BCUT2D eigenvalue weighted by atomic mass is 16.2. The number of benzene rings is 2. The van der Waals surface area contributed by atoms with Gasteiger partial charge >= 0.3 is 0 Å². The van der Waals surface area contributed by atoms with Gasteiger partial charge in [0, 0.05) is 11.1 Å². The van der Waals surface area contributed by atoms with E-state index in [0.29, 0.717) is 19.5 Å². The van der Waals surface area contributed by atoms with Crippen molar-refractivity contribution in [1.82, 2.24) is 4.90 Å². The van der Waals surface area contributed by atoms with Crippen LogP contribution < -0.4 is 4.90 Å². The van der Waals surface area contributed by atoms with Gasteiger partial charge in [0.2, 0.25) is 11.8 Å². The lowest BCUT2D eigenvalue weighted by Gasteiger charge is -2.24. The van der Waals surface area contributed by atoms with Crippen molar-refractivity contribution in [2.24, 2.45) is 11.8 Å². The maximum absolute atomic E-state index is 12.8. The first kappa shape index (κ1) is 17.7. The third kappa shape index (κ3) is 3.86. The molecule has 1 aliphatic carbocycles. The van der Waals surface area contributed by atoms with Crippen molar-refractivity contribution in [3.05, 3.63) is 83.9 Å². The molecule has 1 saturated heterocycles. The first-order chi connectivity index (χ1) is 13.2. The van der Waals surface area contributed by atoms with E-state index in [0.717, 1.165) is 13.1 Å². The van der Waals surface area contributed by atoms with Crippen molar-refractivity contribution in [3.8, 4) is 0 Å². The number of quaternary nitrogens is 1. The van der Waals surface area contributed by atoms with E-state index in [1.165, 1.54) is 20.9 Å². The van der Waals surface area contributed by atoms with Crippen molar-refractivity contribution in [2.75, 3.05) is 6.67 Å². The monoisotopic (exact) mass is 361 g/mol. The summed E-state index contributed by atoms with van der Waals surface area (Å²) in [5.41, 5.74) is 2.42. The maximum atomic E-state index is 12.8. The fraction of sp³-hybridized carbons (Fsp3) is 0.304. The first-order valence-corrected chi connectivity index (χ1v) is 9.64. The molecule has 2 atom stereocenters. The topological polar surface area (TPSA) is 41.8 Å². The molecule has 4 rings (SSSR count). The van der Waals surface area contributed by atoms with Crippen LogP contribution in [0, 0.1) is 11.8 Å². The summed E-state index contributed by atoms with van der Waals surface area (Å²) in [5, 5.41) is 0. The van der Waals surface area contributed by atoms with Gasteiger partial charge in [-0.15, -0.1) is 0 Å². The number of imide groups is 1. The molecule has 2 aliphatic rings. The van der Waals surface area contributed by atoms with Gasteiger partial charge in [0.1, 0.15) is 13.1 Å².